The lowest BCUT2D eigenvalue weighted by Gasteiger charge is -2.07. The maximum absolute atomic E-state index is 11.9. The average molecular weight is 335 g/mol. The quantitative estimate of drug-likeness (QED) is 0.688. The van der Waals surface area contributed by atoms with Crippen LogP contribution in [0, 0.1) is 0 Å². The molecule has 0 spiro atoms. The second-order valence-electron chi connectivity index (χ2n) is 5.24. The lowest BCUT2D eigenvalue weighted by molar-refractivity contribution is -0.116. The van der Waals surface area contributed by atoms with Crippen molar-refractivity contribution in [3.63, 3.8) is 0 Å². The molecule has 0 fully saturated rings. The van der Waals surface area contributed by atoms with E-state index in [9.17, 15) is 9.59 Å². The highest BCUT2D eigenvalue weighted by atomic mass is 16.1. The van der Waals surface area contributed by atoms with Crippen LogP contribution in [-0.4, -0.2) is 32.0 Å². The van der Waals surface area contributed by atoms with E-state index in [1.54, 1.807) is 35.3 Å². The number of carbonyl (C=O) groups excluding carboxylic acids is 1. The number of aromatic nitrogens is 4. The summed E-state index contributed by atoms with van der Waals surface area (Å²) in [5, 5.41) is 11.1. The predicted octanol–water partition coefficient (Wildman–Crippen LogP) is 1.26. The fourth-order valence-corrected chi connectivity index (χ4v) is 2.20. The largest absolute Gasteiger partial charge is 0.351 e. The van der Waals surface area contributed by atoms with Gasteiger partial charge in [-0.1, -0.05) is 30.3 Å². The Morgan fingerprint density at radius 2 is 1.96 bits per heavy atom. The van der Waals surface area contributed by atoms with Crippen molar-refractivity contribution in [2.75, 3.05) is 6.54 Å². The van der Waals surface area contributed by atoms with Crippen LogP contribution in [0.2, 0.25) is 0 Å². The van der Waals surface area contributed by atoms with E-state index in [2.05, 4.69) is 15.5 Å². The molecule has 0 aliphatic heterocycles. The van der Waals surface area contributed by atoms with Gasteiger partial charge in [-0.05, 0) is 23.8 Å². The van der Waals surface area contributed by atoms with Gasteiger partial charge in [-0.3, -0.25) is 9.59 Å². The van der Waals surface area contributed by atoms with Gasteiger partial charge in [0.2, 0.25) is 5.91 Å². The van der Waals surface area contributed by atoms with Crippen molar-refractivity contribution in [3.8, 4) is 5.82 Å². The molecular weight excluding hydrogens is 318 g/mol. The monoisotopic (exact) mass is 335 g/mol. The van der Waals surface area contributed by atoms with E-state index in [0.29, 0.717) is 12.4 Å². The molecule has 2 heterocycles. The maximum atomic E-state index is 11.9. The number of hydrogen-bond donors (Lipinski definition) is 1. The van der Waals surface area contributed by atoms with Crippen LogP contribution in [0.25, 0.3) is 11.9 Å². The molecule has 0 atom stereocenters. The zero-order chi connectivity index (χ0) is 17.5. The Labute approximate surface area is 144 Å². The summed E-state index contributed by atoms with van der Waals surface area (Å²) in [7, 11) is 0. The highest BCUT2D eigenvalue weighted by Gasteiger charge is 2.03. The number of nitrogens with zero attached hydrogens (tertiary/aromatic N) is 4. The van der Waals surface area contributed by atoms with Crippen molar-refractivity contribution in [2.24, 2.45) is 0 Å². The molecule has 0 bridgehead atoms. The molecule has 7 heteroatoms. The lowest BCUT2D eigenvalue weighted by atomic mass is 10.2. The van der Waals surface area contributed by atoms with Crippen molar-refractivity contribution in [1.29, 1.82) is 0 Å². The summed E-state index contributed by atoms with van der Waals surface area (Å²) in [5.41, 5.74) is 0.715. The van der Waals surface area contributed by atoms with Gasteiger partial charge in [0.25, 0.3) is 5.56 Å². The summed E-state index contributed by atoms with van der Waals surface area (Å²) in [6.45, 7) is 0.576. The zero-order valence-electron chi connectivity index (χ0n) is 13.4. The summed E-state index contributed by atoms with van der Waals surface area (Å²) in [6, 6.07) is 14.4. The number of nitrogens with one attached hydrogen (secondary N) is 1. The average Bonchev–Trinajstić information content (AvgIpc) is 3.17. The molecule has 25 heavy (non-hydrogen) atoms. The first kappa shape index (κ1) is 16.4. The van der Waals surface area contributed by atoms with Gasteiger partial charge in [-0.2, -0.15) is 5.10 Å². The van der Waals surface area contributed by atoms with Crippen LogP contribution in [0.4, 0.5) is 0 Å². The maximum Gasteiger partial charge on any atom is 0.266 e. The molecule has 126 valence electrons. The van der Waals surface area contributed by atoms with Crippen molar-refractivity contribution >= 4 is 12.0 Å². The summed E-state index contributed by atoms with van der Waals surface area (Å²) >= 11 is 0. The molecule has 7 nitrogen and oxygen atoms in total. The first-order chi connectivity index (χ1) is 12.2. The Balaban J connectivity index is 1.57. The van der Waals surface area contributed by atoms with E-state index in [1.807, 2.05) is 30.3 Å². The van der Waals surface area contributed by atoms with E-state index < -0.39 is 0 Å². The third-order valence-electron chi connectivity index (χ3n) is 3.44. The van der Waals surface area contributed by atoms with Crippen LogP contribution < -0.4 is 10.9 Å². The van der Waals surface area contributed by atoms with Crippen LogP contribution in [0.15, 0.2) is 71.8 Å². The summed E-state index contributed by atoms with van der Waals surface area (Å²) in [4.78, 5) is 23.7. The van der Waals surface area contributed by atoms with E-state index in [0.717, 1.165) is 5.56 Å². The van der Waals surface area contributed by atoms with Gasteiger partial charge < -0.3 is 5.32 Å². The molecule has 1 N–H and O–H groups in total. The first-order valence-electron chi connectivity index (χ1n) is 7.81. The predicted molar refractivity (Wildman–Crippen MR) is 94.1 cm³/mol. The summed E-state index contributed by atoms with van der Waals surface area (Å²) in [5.74, 6) is 0.319. The van der Waals surface area contributed by atoms with Gasteiger partial charge >= 0.3 is 0 Å². The van der Waals surface area contributed by atoms with Crippen LogP contribution in [0.5, 0.6) is 0 Å². The van der Waals surface area contributed by atoms with E-state index >= 15 is 0 Å². The minimum absolute atomic E-state index is 0.222. The first-order valence-corrected chi connectivity index (χ1v) is 7.81. The molecule has 1 aromatic carbocycles. The number of carbonyl (C=O) groups is 1. The number of rotatable bonds is 6. The Morgan fingerprint density at radius 1 is 1.12 bits per heavy atom. The van der Waals surface area contributed by atoms with Gasteiger partial charge in [0.1, 0.15) is 0 Å². The summed E-state index contributed by atoms with van der Waals surface area (Å²) < 4.78 is 2.87. The Morgan fingerprint density at radius 3 is 2.72 bits per heavy atom. The topological polar surface area (TPSA) is 81.8 Å². The van der Waals surface area contributed by atoms with E-state index in [-0.39, 0.29) is 18.0 Å². The molecule has 1 amide bonds. The normalized spacial score (nSPS) is 10.9. The minimum Gasteiger partial charge on any atom is -0.351 e. The SMILES string of the molecule is O=C(/C=C/c1ccccc1)NCCn1nc(-n2cccn2)ccc1=O. The number of hydrogen-bond acceptors (Lipinski definition) is 4. The van der Waals surface area contributed by atoms with Crippen molar-refractivity contribution in [2.45, 2.75) is 6.54 Å². The van der Waals surface area contributed by atoms with Gasteiger partial charge in [-0.15, -0.1) is 5.10 Å². The number of amides is 1. The van der Waals surface area contributed by atoms with Crippen LogP contribution in [0.1, 0.15) is 5.56 Å². The second-order valence-corrected chi connectivity index (χ2v) is 5.24. The Kier molecular flexibility index (Phi) is 5.16. The standard InChI is InChI=1S/C18H17N5O2/c24-17(9-7-15-5-2-1-3-6-15)19-12-14-23-18(25)10-8-16(21-23)22-13-4-11-20-22/h1-11,13H,12,14H2,(H,19,24)/b9-7+. The lowest BCUT2D eigenvalue weighted by Crippen LogP contribution is -2.31. The van der Waals surface area contributed by atoms with Crippen LogP contribution >= 0.6 is 0 Å². The fraction of sp³-hybridized carbons (Fsp3) is 0.111. The second kappa shape index (κ2) is 7.87. The molecular formula is C18H17N5O2. The van der Waals surface area contributed by atoms with E-state index in [4.69, 9.17) is 0 Å². The molecule has 3 aromatic rings. The van der Waals surface area contributed by atoms with Crippen molar-refractivity contribution < 1.29 is 4.79 Å². The van der Waals surface area contributed by atoms with Gasteiger partial charge in [0.05, 0.1) is 6.54 Å². The summed E-state index contributed by atoms with van der Waals surface area (Å²) in [6.07, 6.45) is 6.58. The zero-order valence-corrected chi connectivity index (χ0v) is 13.4. The van der Waals surface area contributed by atoms with Gasteiger partial charge in [0.15, 0.2) is 5.82 Å². The molecule has 3 rings (SSSR count). The molecule has 0 saturated carbocycles. The smallest absolute Gasteiger partial charge is 0.266 e. The molecule has 0 aliphatic rings. The fourth-order valence-electron chi connectivity index (χ4n) is 2.20. The van der Waals surface area contributed by atoms with Crippen molar-refractivity contribution in [1.82, 2.24) is 24.9 Å². The van der Waals surface area contributed by atoms with Gasteiger partial charge in [0, 0.05) is 31.1 Å². The van der Waals surface area contributed by atoms with Gasteiger partial charge in [-0.25, -0.2) is 9.36 Å². The van der Waals surface area contributed by atoms with Crippen LogP contribution in [0.3, 0.4) is 0 Å². The highest BCUT2D eigenvalue weighted by molar-refractivity contribution is 5.91. The molecule has 0 aliphatic carbocycles. The molecule has 0 radical (unpaired) electrons. The third kappa shape index (κ3) is 4.51. The van der Waals surface area contributed by atoms with Crippen LogP contribution in [-0.2, 0) is 11.3 Å². The van der Waals surface area contributed by atoms with E-state index in [1.165, 1.54) is 16.8 Å². The van der Waals surface area contributed by atoms with Crippen molar-refractivity contribution in [3.05, 3.63) is 82.9 Å². The Bertz CT molecular complexity index is 914. The third-order valence-corrected chi connectivity index (χ3v) is 3.44. The molecule has 2 aromatic heterocycles. The molecule has 0 saturated heterocycles. The Hall–Kier alpha value is -3.48. The number of benzene rings is 1. The minimum atomic E-state index is -0.231. The molecule has 0 unspecified atom stereocenters. The highest BCUT2D eigenvalue weighted by Crippen LogP contribution is 2.00.